The molecule has 0 spiro atoms. The van der Waals surface area contributed by atoms with Gasteiger partial charge < -0.3 is 5.73 Å². The Bertz CT molecular complexity index is 134. The maximum atomic E-state index is 10.4. The molecule has 0 rings (SSSR count). The first kappa shape index (κ1) is 8.06. The highest BCUT2D eigenvalue weighted by Gasteiger charge is 2.09. The van der Waals surface area contributed by atoms with Crippen LogP contribution in [0.15, 0.2) is 0 Å². The highest BCUT2D eigenvalue weighted by molar-refractivity contribution is 5.94. The van der Waals surface area contributed by atoms with Crippen molar-refractivity contribution in [2.45, 2.75) is 6.92 Å². The average molecular weight is 131 g/mol. The van der Waals surface area contributed by atoms with Gasteiger partial charge in [-0.15, -0.1) is 0 Å². The summed E-state index contributed by atoms with van der Waals surface area (Å²) in [5.41, 5.74) is 4.89. The van der Waals surface area contributed by atoms with Crippen LogP contribution in [0.5, 0.6) is 0 Å². The van der Waals surface area contributed by atoms with Crippen LogP contribution in [0.2, 0.25) is 0 Å². The minimum Gasteiger partial charge on any atom is -0.322 e. The number of rotatable bonds is 1. The van der Waals surface area contributed by atoms with E-state index in [-0.39, 0.29) is 6.54 Å². The SMILES string of the molecule is CC(=O)N(N)C(=O)CN. The molecular weight excluding hydrogens is 122 g/mol. The summed E-state index contributed by atoms with van der Waals surface area (Å²) >= 11 is 0. The van der Waals surface area contributed by atoms with Crippen molar-refractivity contribution < 1.29 is 9.59 Å². The number of hydrogen-bond donors (Lipinski definition) is 2. The van der Waals surface area contributed by atoms with Gasteiger partial charge in [-0.25, -0.2) is 10.9 Å². The van der Waals surface area contributed by atoms with Crippen LogP contribution in [0.25, 0.3) is 0 Å². The lowest BCUT2D eigenvalue weighted by Crippen LogP contribution is -2.44. The number of carbonyl (C=O) groups is 2. The highest BCUT2D eigenvalue weighted by Crippen LogP contribution is 1.77. The van der Waals surface area contributed by atoms with Crippen LogP contribution in [0.1, 0.15) is 6.92 Å². The summed E-state index contributed by atoms with van der Waals surface area (Å²) in [6, 6.07) is 0. The summed E-state index contributed by atoms with van der Waals surface area (Å²) in [7, 11) is 0. The van der Waals surface area contributed by atoms with Gasteiger partial charge in [0.1, 0.15) is 0 Å². The van der Waals surface area contributed by atoms with Crippen LogP contribution in [0.4, 0.5) is 0 Å². The van der Waals surface area contributed by atoms with Crippen molar-refractivity contribution in [3.05, 3.63) is 0 Å². The van der Waals surface area contributed by atoms with Crippen molar-refractivity contribution >= 4 is 11.8 Å². The summed E-state index contributed by atoms with van der Waals surface area (Å²) in [6.45, 7) is 0.948. The van der Waals surface area contributed by atoms with E-state index in [1.165, 1.54) is 6.92 Å². The highest BCUT2D eigenvalue weighted by atomic mass is 16.2. The number of nitrogens with two attached hydrogens (primary N) is 2. The van der Waals surface area contributed by atoms with E-state index in [9.17, 15) is 9.59 Å². The van der Waals surface area contributed by atoms with Gasteiger partial charge in [0.05, 0.1) is 6.54 Å². The van der Waals surface area contributed by atoms with Gasteiger partial charge in [-0.1, -0.05) is 0 Å². The van der Waals surface area contributed by atoms with Gasteiger partial charge in [0.2, 0.25) is 5.91 Å². The molecule has 52 valence electrons. The van der Waals surface area contributed by atoms with E-state index < -0.39 is 11.8 Å². The van der Waals surface area contributed by atoms with Gasteiger partial charge in [0.15, 0.2) is 0 Å². The van der Waals surface area contributed by atoms with Gasteiger partial charge in [-0.3, -0.25) is 9.59 Å². The molecule has 0 aliphatic rings. The average Bonchev–Trinajstić information content (AvgIpc) is 1.84. The lowest BCUT2D eigenvalue weighted by atomic mass is 10.5. The van der Waals surface area contributed by atoms with Crippen LogP contribution in [-0.2, 0) is 9.59 Å². The minimum atomic E-state index is -0.581. The fourth-order valence-electron chi connectivity index (χ4n) is 0.274. The predicted molar refractivity (Wildman–Crippen MR) is 30.8 cm³/mol. The van der Waals surface area contributed by atoms with Gasteiger partial charge in [-0.05, 0) is 0 Å². The molecular formula is C4H9N3O2. The molecule has 0 atom stereocenters. The van der Waals surface area contributed by atoms with E-state index in [1.807, 2.05) is 0 Å². The molecule has 0 heterocycles. The van der Waals surface area contributed by atoms with Gasteiger partial charge in [0.25, 0.3) is 5.91 Å². The van der Waals surface area contributed by atoms with Crippen LogP contribution in [0.3, 0.4) is 0 Å². The fourth-order valence-corrected chi connectivity index (χ4v) is 0.274. The van der Waals surface area contributed by atoms with E-state index >= 15 is 0 Å². The second-order valence-electron chi connectivity index (χ2n) is 1.49. The Morgan fingerprint density at radius 1 is 1.56 bits per heavy atom. The zero-order chi connectivity index (χ0) is 7.44. The summed E-state index contributed by atoms with van der Waals surface area (Å²) in [5, 5.41) is 0.486. The molecule has 9 heavy (non-hydrogen) atoms. The number of imide groups is 1. The Morgan fingerprint density at radius 3 is 2.11 bits per heavy atom. The largest absolute Gasteiger partial charge is 0.322 e. The maximum Gasteiger partial charge on any atom is 0.257 e. The van der Waals surface area contributed by atoms with Crippen LogP contribution in [-0.4, -0.2) is 23.4 Å². The summed E-state index contributed by atoms with van der Waals surface area (Å²) in [4.78, 5) is 20.7. The number of carbonyl (C=O) groups excluding carboxylic acids is 2. The minimum absolute atomic E-state index is 0.240. The second kappa shape index (κ2) is 3.16. The summed E-state index contributed by atoms with van der Waals surface area (Å²) in [6.07, 6.45) is 0. The summed E-state index contributed by atoms with van der Waals surface area (Å²) < 4.78 is 0. The lowest BCUT2D eigenvalue weighted by Gasteiger charge is -2.08. The normalized spacial score (nSPS) is 8.78. The van der Waals surface area contributed by atoms with Crippen molar-refractivity contribution in [2.24, 2.45) is 11.6 Å². The van der Waals surface area contributed by atoms with Gasteiger partial charge in [-0.2, -0.15) is 0 Å². The molecule has 0 saturated heterocycles. The molecule has 0 aliphatic heterocycles. The first-order chi connectivity index (χ1) is 4.09. The van der Waals surface area contributed by atoms with E-state index in [2.05, 4.69) is 0 Å². The van der Waals surface area contributed by atoms with E-state index in [1.54, 1.807) is 0 Å². The molecule has 0 aliphatic carbocycles. The molecule has 0 fully saturated rings. The Kier molecular flexibility index (Phi) is 2.83. The van der Waals surface area contributed by atoms with Crippen molar-refractivity contribution in [1.82, 2.24) is 5.01 Å². The zero-order valence-corrected chi connectivity index (χ0v) is 5.13. The first-order valence-electron chi connectivity index (χ1n) is 2.38. The van der Waals surface area contributed by atoms with Gasteiger partial charge >= 0.3 is 0 Å². The number of hydrazine groups is 1. The van der Waals surface area contributed by atoms with Crippen LogP contribution >= 0.6 is 0 Å². The first-order valence-corrected chi connectivity index (χ1v) is 2.38. The van der Waals surface area contributed by atoms with E-state index in [4.69, 9.17) is 11.6 Å². The maximum absolute atomic E-state index is 10.4. The van der Waals surface area contributed by atoms with E-state index in [0.717, 1.165) is 0 Å². The van der Waals surface area contributed by atoms with Gasteiger partial charge in [0, 0.05) is 6.92 Å². The fraction of sp³-hybridized carbons (Fsp3) is 0.500. The third-order valence-electron chi connectivity index (χ3n) is 0.783. The quantitative estimate of drug-likeness (QED) is 0.249. The predicted octanol–water partition coefficient (Wildman–Crippen LogP) is -1.81. The Balaban J connectivity index is 3.88. The third kappa shape index (κ3) is 2.20. The van der Waals surface area contributed by atoms with Crippen molar-refractivity contribution in [3.63, 3.8) is 0 Å². The molecule has 0 saturated carbocycles. The lowest BCUT2D eigenvalue weighted by molar-refractivity contribution is -0.142. The Morgan fingerprint density at radius 2 is 2.00 bits per heavy atom. The van der Waals surface area contributed by atoms with Crippen molar-refractivity contribution in [2.75, 3.05) is 6.54 Å². The molecule has 0 aromatic rings. The smallest absolute Gasteiger partial charge is 0.257 e. The number of amides is 2. The molecule has 2 amide bonds. The van der Waals surface area contributed by atoms with Crippen LogP contribution < -0.4 is 11.6 Å². The van der Waals surface area contributed by atoms with Crippen molar-refractivity contribution in [3.8, 4) is 0 Å². The molecule has 0 radical (unpaired) electrons. The van der Waals surface area contributed by atoms with Crippen molar-refractivity contribution in [1.29, 1.82) is 0 Å². The summed E-state index contributed by atoms with van der Waals surface area (Å²) in [5.74, 6) is 3.83. The number of nitrogens with zero attached hydrogens (tertiary/aromatic N) is 1. The molecule has 4 N–H and O–H groups in total. The molecule has 5 heteroatoms. The van der Waals surface area contributed by atoms with E-state index in [0.29, 0.717) is 5.01 Å². The standard InChI is InChI=1S/C4H9N3O2/c1-3(8)7(6)4(9)2-5/h2,5-6H2,1H3. The third-order valence-corrected chi connectivity index (χ3v) is 0.783. The Hall–Kier alpha value is -0.940. The van der Waals surface area contributed by atoms with Crippen LogP contribution in [0, 0.1) is 0 Å². The Labute approximate surface area is 52.6 Å². The molecule has 0 aromatic carbocycles. The molecule has 5 nitrogen and oxygen atoms in total. The molecule has 0 unspecified atom stereocenters. The zero-order valence-electron chi connectivity index (χ0n) is 5.13. The molecule has 0 bridgehead atoms. The topological polar surface area (TPSA) is 89.4 Å². The second-order valence-corrected chi connectivity index (χ2v) is 1.49. The molecule has 0 aromatic heterocycles. The number of hydrogen-bond acceptors (Lipinski definition) is 4. The monoisotopic (exact) mass is 131 g/mol.